The van der Waals surface area contributed by atoms with Crippen molar-refractivity contribution in [3.8, 4) is 0 Å². The molecule has 0 fully saturated rings. The Hall–Kier alpha value is -0.100. The summed E-state index contributed by atoms with van der Waals surface area (Å²) in [5.74, 6) is 0.0571. The van der Waals surface area contributed by atoms with Crippen LogP contribution >= 0.6 is 7.05 Å². The van der Waals surface area contributed by atoms with Crippen LogP contribution < -0.4 is 0 Å². The highest BCUT2D eigenvalue weighted by Crippen LogP contribution is 2.52. The standard InChI is InChI=1S/C14H30NOP/c1-5-8-11-17(12-9-6-2,13-10-7-3)15-14(4)16/h5-13H2,1-4H3. The van der Waals surface area contributed by atoms with Gasteiger partial charge >= 0.3 is 0 Å². The minimum atomic E-state index is -1.33. The van der Waals surface area contributed by atoms with E-state index in [0.717, 1.165) is 0 Å². The number of carbonyl (C=O) groups is 1. The maximum Gasteiger partial charge on any atom is 0.241 e. The summed E-state index contributed by atoms with van der Waals surface area (Å²) in [5.41, 5.74) is 0. The molecular formula is C14H30NOP. The van der Waals surface area contributed by atoms with Gasteiger partial charge < -0.3 is 0 Å². The van der Waals surface area contributed by atoms with Crippen LogP contribution in [0.25, 0.3) is 0 Å². The number of unbranched alkanes of at least 4 members (excludes halogenated alkanes) is 3. The predicted octanol–water partition coefficient (Wildman–Crippen LogP) is 5.13. The molecule has 0 atom stereocenters. The summed E-state index contributed by atoms with van der Waals surface area (Å²) in [4.78, 5) is 11.4. The molecule has 0 aliphatic carbocycles. The number of carbonyl (C=O) groups excluding carboxylic acids is 1. The van der Waals surface area contributed by atoms with E-state index in [1.807, 2.05) is 0 Å². The van der Waals surface area contributed by atoms with Crippen molar-refractivity contribution >= 4 is 13.0 Å². The Bertz CT molecular complexity index is 232. The number of hydrogen-bond acceptors (Lipinski definition) is 1. The van der Waals surface area contributed by atoms with Crippen molar-refractivity contribution in [2.45, 2.75) is 66.2 Å². The van der Waals surface area contributed by atoms with Gasteiger partial charge in [0.1, 0.15) is 0 Å². The molecule has 0 aromatic heterocycles. The molecule has 3 heteroatoms. The lowest BCUT2D eigenvalue weighted by Gasteiger charge is -2.24. The fraction of sp³-hybridized carbons (Fsp3) is 0.929. The lowest BCUT2D eigenvalue weighted by atomic mass is 10.4. The molecule has 17 heavy (non-hydrogen) atoms. The summed E-state index contributed by atoms with van der Waals surface area (Å²) < 4.78 is 4.59. The van der Waals surface area contributed by atoms with Crippen molar-refractivity contribution < 1.29 is 4.79 Å². The number of hydrogen-bond donors (Lipinski definition) is 0. The van der Waals surface area contributed by atoms with Gasteiger partial charge in [-0.1, -0.05) is 40.0 Å². The van der Waals surface area contributed by atoms with E-state index in [1.54, 1.807) is 6.92 Å². The summed E-state index contributed by atoms with van der Waals surface area (Å²) in [5, 5.41) is 0. The summed E-state index contributed by atoms with van der Waals surface area (Å²) in [6.07, 6.45) is 10.9. The fourth-order valence-corrected chi connectivity index (χ4v) is 6.42. The van der Waals surface area contributed by atoms with Crippen molar-refractivity contribution in [3.63, 3.8) is 0 Å². The van der Waals surface area contributed by atoms with E-state index >= 15 is 0 Å². The van der Waals surface area contributed by atoms with Crippen LogP contribution in [-0.4, -0.2) is 24.4 Å². The first-order valence-electron chi connectivity index (χ1n) is 7.20. The molecule has 0 bridgehead atoms. The SMILES string of the molecule is CCCCP(CCCC)(CCCC)=NC(C)=O. The molecule has 0 aliphatic heterocycles. The molecule has 0 aromatic rings. The normalized spacial score (nSPS) is 11.5. The maximum absolute atomic E-state index is 11.4. The maximum atomic E-state index is 11.4. The second-order valence-corrected chi connectivity index (χ2v) is 8.68. The minimum absolute atomic E-state index is 0.0571. The molecule has 0 N–H and O–H groups in total. The predicted molar refractivity (Wildman–Crippen MR) is 79.4 cm³/mol. The molecule has 102 valence electrons. The Morgan fingerprint density at radius 1 is 0.882 bits per heavy atom. The van der Waals surface area contributed by atoms with Crippen molar-refractivity contribution in [3.05, 3.63) is 0 Å². The van der Waals surface area contributed by atoms with Gasteiger partial charge in [0.05, 0.1) is 0 Å². The zero-order valence-electron chi connectivity index (χ0n) is 12.2. The van der Waals surface area contributed by atoms with E-state index in [2.05, 4.69) is 25.5 Å². The molecule has 0 saturated carbocycles. The highest BCUT2D eigenvalue weighted by molar-refractivity contribution is 7.66. The first-order valence-corrected chi connectivity index (χ1v) is 9.50. The van der Waals surface area contributed by atoms with E-state index in [4.69, 9.17) is 0 Å². The Labute approximate surface area is 108 Å². The third-order valence-corrected chi connectivity index (χ3v) is 7.29. The topological polar surface area (TPSA) is 29.4 Å². The first-order chi connectivity index (χ1) is 8.10. The summed E-state index contributed by atoms with van der Waals surface area (Å²) in [7, 11) is -1.33. The van der Waals surface area contributed by atoms with Gasteiger partial charge in [-0.25, -0.2) is 4.74 Å². The quantitative estimate of drug-likeness (QED) is 0.527. The van der Waals surface area contributed by atoms with Crippen molar-refractivity contribution in [2.24, 2.45) is 4.74 Å². The monoisotopic (exact) mass is 259 g/mol. The van der Waals surface area contributed by atoms with E-state index in [-0.39, 0.29) is 5.91 Å². The average molecular weight is 259 g/mol. The van der Waals surface area contributed by atoms with E-state index in [9.17, 15) is 4.79 Å². The number of nitrogens with zero attached hydrogens (tertiary/aromatic N) is 1. The average Bonchev–Trinajstić information content (AvgIpc) is 2.30. The van der Waals surface area contributed by atoms with Crippen LogP contribution in [0.4, 0.5) is 0 Å². The number of rotatable bonds is 9. The van der Waals surface area contributed by atoms with E-state index < -0.39 is 7.05 Å². The second kappa shape index (κ2) is 9.88. The summed E-state index contributed by atoms with van der Waals surface area (Å²) in [6, 6.07) is 0. The summed E-state index contributed by atoms with van der Waals surface area (Å²) in [6.45, 7) is 8.30. The van der Waals surface area contributed by atoms with Crippen LogP contribution in [0.15, 0.2) is 4.74 Å². The van der Waals surface area contributed by atoms with Gasteiger partial charge in [-0.05, 0) is 44.8 Å². The molecule has 0 rings (SSSR count). The second-order valence-electron chi connectivity index (χ2n) is 4.95. The number of amides is 1. The zero-order valence-corrected chi connectivity index (χ0v) is 13.1. The molecule has 0 saturated heterocycles. The molecule has 2 nitrogen and oxygen atoms in total. The van der Waals surface area contributed by atoms with Crippen molar-refractivity contribution in [2.75, 3.05) is 18.5 Å². The van der Waals surface area contributed by atoms with Crippen molar-refractivity contribution in [1.82, 2.24) is 0 Å². The third-order valence-electron chi connectivity index (χ3n) is 3.14. The molecule has 0 aliphatic rings. The first kappa shape index (κ1) is 16.9. The van der Waals surface area contributed by atoms with Crippen LogP contribution in [0.5, 0.6) is 0 Å². The molecular weight excluding hydrogens is 229 g/mol. The largest absolute Gasteiger partial charge is 0.273 e. The highest BCUT2D eigenvalue weighted by Gasteiger charge is 2.18. The van der Waals surface area contributed by atoms with Gasteiger partial charge in [0.25, 0.3) is 0 Å². The molecule has 0 aromatic carbocycles. The smallest absolute Gasteiger partial charge is 0.241 e. The lowest BCUT2D eigenvalue weighted by Crippen LogP contribution is -2.03. The zero-order chi connectivity index (χ0) is 13.1. The Balaban J connectivity index is 4.84. The van der Waals surface area contributed by atoms with Gasteiger partial charge in [0, 0.05) is 6.92 Å². The van der Waals surface area contributed by atoms with Gasteiger partial charge in [0.15, 0.2) is 0 Å². The van der Waals surface area contributed by atoms with Gasteiger partial charge in [-0.2, -0.15) is 0 Å². The van der Waals surface area contributed by atoms with Gasteiger partial charge in [-0.15, -0.1) is 0 Å². The Morgan fingerprint density at radius 2 is 1.24 bits per heavy atom. The van der Waals surface area contributed by atoms with Crippen LogP contribution in [0.2, 0.25) is 0 Å². The third kappa shape index (κ3) is 7.76. The molecule has 0 spiro atoms. The van der Waals surface area contributed by atoms with Crippen LogP contribution in [0.3, 0.4) is 0 Å². The Kier molecular flexibility index (Phi) is 9.82. The highest BCUT2D eigenvalue weighted by atomic mass is 31.2. The fourth-order valence-electron chi connectivity index (χ4n) is 2.14. The van der Waals surface area contributed by atoms with E-state index in [0.29, 0.717) is 0 Å². The lowest BCUT2D eigenvalue weighted by molar-refractivity contribution is -0.115. The van der Waals surface area contributed by atoms with Gasteiger partial charge in [0.2, 0.25) is 5.91 Å². The molecule has 0 heterocycles. The van der Waals surface area contributed by atoms with E-state index in [1.165, 1.54) is 57.0 Å². The van der Waals surface area contributed by atoms with Gasteiger partial charge in [-0.3, -0.25) is 4.79 Å². The van der Waals surface area contributed by atoms with Crippen molar-refractivity contribution in [1.29, 1.82) is 0 Å². The summed E-state index contributed by atoms with van der Waals surface area (Å²) >= 11 is 0. The molecule has 0 radical (unpaired) electrons. The van der Waals surface area contributed by atoms with Crippen LogP contribution in [0.1, 0.15) is 66.2 Å². The molecule has 0 unspecified atom stereocenters. The molecule has 1 amide bonds. The van der Waals surface area contributed by atoms with Crippen LogP contribution in [0, 0.1) is 0 Å². The minimum Gasteiger partial charge on any atom is -0.273 e. The Morgan fingerprint density at radius 3 is 1.47 bits per heavy atom. The van der Waals surface area contributed by atoms with Crippen LogP contribution in [-0.2, 0) is 4.79 Å².